The smallest absolute Gasteiger partial charge is 0.252 e. The van der Waals surface area contributed by atoms with Gasteiger partial charge < -0.3 is 20.1 Å². The predicted molar refractivity (Wildman–Crippen MR) is 88.0 cm³/mol. The minimum atomic E-state index is -0.346. The molecule has 2 aliphatic rings. The summed E-state index contributed by atoms with van der Waals surface area (Å²) in [6.45, 7) is 5.72. The maximum atomic E-state index is 12.8. The minimum Gasteiger partial charge on any atom is -0.370 e. The highest BCUT2D eigenvalue weighted by Crippen LogP contribution is 2.29. The number of hydrogen-bond acceptors (Lipinski definition) is 4. The maximum Gasteiger partial charge on any atom is 0.252 e. The van der Waals surface area contributed by atoms with Crippen LogP contribution >= 0.6 is 0 Å². The van der Waals surface area contributed by atoms with E-state index in [0.29, 0.717) is 19.7 Å². The van der Waals surface area contributed by atoms with Crippen molar-refractivity contribution in [3.8, 4) is 0 Å². The number of ether oxygens (including phenoxy) is 2. The van der Waals surface area contributed by atoms with Crippen molar-refractivity contribution >= 4 is 5.91 Å². The Kier molecular flexibility index (Phi) is 4.99. The fourth-order valence-corrected chi connectivity index (χ4v) is 3.45. The van der Waals surface area contributed by atoms with Gasteiger partial charge >= 0.3 is 0 Å². The monoisotopic (exact) mass is 318 g/mol. The molecule has 0 bridgehead atoms. The number of nitrogens with zero attached hydrogens (tertiary/aromatic N) is 1. The van der Waals surface area contributed by atoms with Crippen molar-refractivity contribution in [3.05, 3.63) is 35.4 Å². The van der Waals surface area contributed by atoms with Gasteiger partial charge in [0.15, 0.2) is 0 Å². The number of hydrogen-bond donors (Lipinski definition) is 1. The third-order valence-electron chi connectivity index (χ3n) is 4.90. The quantitative estimate of drug-likeness (QED) is 0.923. The number of carbonyl (C=O) groups excluding carboxylic acids is 1. The molecule has 2 fully saturated rings. The van der Waals surface area contributed by atoms with E-state index in [0.717, 1.165) is 18.4 Å². The van der Waals surface area contributed by atoms with Gasteiger partial charge in [-0.25, -0.2) is 0 Å². The lowest BCUT2D eigenvalue weighted by molar-refractivity contribution is -0.155. The molecule has 5 nitrogen and oxygen atoms in total. The first-order valence-corrected chi connectivity index (χ1v) is 8.43. The van der Waals surface area contributed by atoms with Gasteiger partial charge in [-0.2, -0.15) is 0 Å². The zero-order valence-corrected chi connectivity index (χ0v) is 13.9. The van der Waals surface area contributed by atoms with Crippen LogP contribution in [0.25, 0.3) is 0 Å². The van der Waals surface area contributed by atoms with Crippen molar-refractivity contribution in [1.29, 1.82) is 0 Å². The summed E-state index contributed by atoms with van der Waals surface area (Å²) < 4.78 is 11.8. The summed E-state index contributed by atoms with van der Waals surface area (Å²) >= 11 is 0. The third kappa shape index (κ3) is 3.42. The Bertz CT molecular complexity index is 563. The molecule has 2 N–H and O–H groups in total. The summed E-state index contributed by atoms with van der Waals surface area (Å²) in [6, 6.07) is 8.27. The van der Waals surface area contributed by atoms with E-state index in [2.05, 4.69) is 19.1 Å². The van der Waals surface area contributed by atoms with Crippen LogP contribution in [0.2, 0.25) is 0 Å². The van der Waals surface area contributed by atoms with Crippen molar-refractivity contribution in [3.63, 3.8) is 0 Å². The van der Waals surface area contributed by atoms with Gasteiger partial charge in [-0.05, 0) is 37.8 Å². The first-order chi connectivity index (χ1) is 11.1. The highest BCUT2D eigenvalue weighted by Gasteiger charge is 2.38. The molecule has 23 heavy (non-hydrogen) atoms. The molecule has 1 aromatic rings. The molecule has 0 saturated carbocycles. The molecule has 126 valence electrons. The molecule has 0 aliphatic carbocycles. The molecule has 2 aliphatic heterocycles. The molecule has 0 aromatic heterocycles. The first kappa shape index (κ1) is 16.4. The normalized spacial score (nSPS) is 31.3. The third-order valence-corrected chi connectivity index (χ3v) is 4.90. The van der Waals surface area contributed by atoms with Crippen LogP contribution in [0.5, 0.6) is 0 Å². The number of rotatable bonds is 3. The van der Waals surface area contributed by atoms with Gasteiger partial charge in [0.05, 0.1) is 25.3 Å². The molecule has 0 radical (unpaired) electrons. The standard InChI is InChI=1S/C18H26N2O3/c1-12-5-3-4-6-15(12)17-10-20(13(2)11-22-17)18(21)16-8-7-14(9-19)23-16/h3-6,13-14,16-17H,7-11,19H2,1-2H3/t13?,14-,16+,17?/m1/s1. The SMILES string of the molecule is Cc1ccccc1C1CN(C(=O)[C@@H]2CC[C@H](CN)O2)C(C)CO1. The van der Waals surface area contributed by atoms with Gasteiger partial charge in [0.2, 0.25) is 0 Å². The van der Waals surface area contributed by atoms with Crippen LogP contribution in [0.1, 0.15) is 37.0 Å². The maximum absolute atomic E-state index is 12.8. The molecule has 4 atom stereocenters. The Hall–Kier alpha value is -1.43. The molecule has 2 heterocycles. The summed E-state index contributed by atoms with van der Waals surface area (Å²) in [5.41, 5.74) is 8.00. The number of amides is 1. The zero-order chi connectivity index (χ0) is 16.4. The number of benzene rings is 1. The summed E-state index contributed by atoms with van der Waals surface area (Å²) in [7, 11) is 0. The van der Waals surface area contributed by atoms with Gasteiger partial charge in [0.25, 0.3) is 5.91 Å². The Morgan fingerprint density at radius 3 is 2.83 bits per heavy atom. The molecular weight excluding hydrogens is 292 g/mol. The summed E-state index contributed by atoms with van der Waals surface area (Å²) in [4.78, 5) is 14.8. The number of aryl methyl sites for hydroxylation is 1. The predicted octanol–water partition coefficient (Wildman–Crippen LogP) is 1.79. The van der Waals surface area contributed by atoms with E-state index < -0.39 is 0 Å². The topological polar surface area (TPSA) is 64.8 Å². The Labute approximate surface area is 137 Å². The van der Waals surface area contributed by atoms with Crippen molar-refractivity contribution in [2.24, 2.45) is 5.73 Å². The second kappa shape index (κ2) is 6.99. The van der Waals surface area contributed by atoms with Crippen molar-refractivity contribution in [2.45, 2.75) is 51.0 Å². The van der Waals surface area contributed by atoms with E-state index in [9.17, 15) is 4.79 Å². The van der Waals surface area contributed by atoms with E-state index >= 15 is 0 Å². The summed E-state index contributed by atoms with van der Waals surface area (Å²) in [5, 5.41) is 0. The lowest BCUT2D eigenvalue weighted by Gasteiger charge is -2.39. The second-order valence-corrected chi connectivity index (χ2v) is 6.58. The highest BCUT2D eigenvalue weighted by atomic mass is 16.5. The van der Waals surface area contributed by atoms with Crippen LogP contribution in [0.3, 0.4) is 0 Å². The van der Waals surface area contributed by atoms with Crippen LogP contribution < -0.4 is 5.73 Å². The van der Waals surface area contributed by atoms with Gasteiger partial charge in [-0.3, -0.25) is 4.79 Å². The van der Waals surface area contributed by atoms with Crippen LogP contribution in [0.4, 0.5) is 0 Å². The summed E-state index contributed by atoms with van der Waals surface area (Å²) in [5.74, 6) is 0.0790. The van der Waals surface area contributed by atoms with Crippen LogP contribution in [-0.4, -0.2) is 48.8 Å². The Balaban J connectivity index is 1.71. The molecule has 3 rings (SSSR count). The lowest BCUT2D eigenvalue weighted by atomic mass is 10.0. The van der Waals surface area contributed by atoms with Crippen LogP contribution in [0.15, 0.2) is 24.3 Å². The van der Waals surface area contributed by atoms with Crippen molar-refractivity contribution < 1.29 is 14.3 Å². The minimum absolute atomic E-state index is 0.0208. The number of morpholine rings is 1. The average molecular weight is 318 g/mol. The van der Waals surface area contributed by atoms with Gasteiger partial charge in [-0.1, -0.05) is 24.3 Å². The number of nitrogens with two attached hydrogens (primary N) is 1. The van der Waals surface area contributed by atoms with Crippen molar-refractivity contribution in [2.75, 3.05) is 19.7 Å². The number of carbonyl (C=O) groups is 1. The van der Waals surface area contributed by atoms with Gasteiger partial charge in [0, 0.05) is 6.54 Å². The molecule has 1 amide bonds. The summed E-state index contributed by atoms with van der Waals surface area (Å²) in [6.07, 6.45) is 1.24. The van der Waals surface area contributed by atoms with Gasteiger partial charge in [0.1, 0.15) is 12.2 Å². The van der Waals surface area contributed by atoms with Crippen LogP contribution in [-0.2, 0) is 14.3 Å². The lowest BCUT2D eigenvalue weighted by Crippen LogP contribution is -2.51. The van der Waals surface area contributed by atoms with E-state index in [1.54, 1.807) is 0 Å². The molecule has 5 heteroatoms. The largest absolute Gasteiger partial charge is 0.370 e. The van der Waals surface area contributed by atoms with E-state index in [1.165, 1.54) is 5.56 Å². The van der Waals surface area contributed by atoms with Gasteiger partial charge in [-0.15, -0.1) is 0 Å². The van der Waals surface area contributed by atoms with E-state index in [-0.39, 0.29) is 30.3 Å². The highest BCUT2D eigenvalue weighted by molar-refractivity contribution is 5.81. The average Bonchev–Trinajstić information content (AvgIpc) is 3.04. The molecule has 1 aromatic carbocycles. The first-order valence-electron chi connectivity index (χ1n) is 8.43. The fraction of sp³-hybridized carbons (Fsp3) is 0.611. The molecule has 2 saturated heterocycles. The zero-order valence-electron chi connectivity index (χ0n) is 13.9. The van der Waals surface area contributed by atoms with Crippen molar-refractivity contribution in [1.82, 2.24) is 4.90 Å². The second-order valence-electron chi connectivity index (χ2n) is 6.58. The Morgan fingerprint density at radius 2 is 2.13 bits per heavy atom. The Morgan fingerprint density at radius 1 is 1.35 bits per heavy atom. The molecular formula is C18H26N2O3. The molecule has 0 spiro atoms. The van der Waals surface area contributed by atoms with E-state index in [4.69, 9.17) is 15.2 Å². The molecule has 2 unspecified atom stereocenters. The van der Waals surface area contributed by atoms with Crippen LogP contribution in [0, 0.1) is 6.92 Å². The van der Waals surface area contributed by atoms with E-state index in [1.807, 2.05) is 24.0 Å². The fourth-order valence-electron chi connectivity index (χ4n) is 3.45.